The van der Waals surface area contributed by atoms with Crippen molar-refractivity contribution >= 4 is 57.4 Å². The van der Waals surface area contributed by atoms with Crippen molar-refractivity contribution in [1.29, 1.82) is 0 Å². The number of nitrogens with zero attached hydrogens (tertiary/aromatic N) is 2. The zero-order chi connectivity index (χ0) is 19.0. The predicted octanol–water partition coefficient (Wildman–Crippen LogP) is 4.59. The molecule has 0 unspecified atom stereocenters. The number of hydrogen-bond donors (Lipinski definition) is 1. The smallest absolute Gasteiger partial charge is 0.175 e. The molecular weight excluding hydrogens is 449 g/mol. The number of rotatable bonds is 4. The molecule has 1 aliphatic rings. The summed E-state index contributed by atoms with van der Waals surface area (Å²) in [7, 11) is -3.18. The Bertz CT molecular complexity index is 1080. The maximum atomic E-state index is 11.6. The number of fused-ring (bicyclic) bond motifs is 1. The molecule has 0 saturated heterocycles. The third-order valence-electron chi connectivity index (χ3n) is 4.82. The summed E-state index contributed by atoms with van der Waals surface area (Å²) in [4.78, 5) is 7.42. The first-order valence-electron chi connectivity index (χ1n) is 8.79. The Kier molecular flexibility index (Phi) is 7.56. The van der Waals surface area contributed by atoms with Crippen LogP contribution in [0.2, 0.25) is 0 Å². The number of nitrogens with two attached hydrogens (primary N) is 1. The van der Waals surface area contributed by atoms with Crippen molar-refractivity contribution in [2.75, 3.05) is 23.4 Å². The minimum absolute atomic E-state index is 0. The van der Waals surface area contributed by atoms with Crippen molar-refractivity contribution in [3.63, 3.8) is 0 Å². The van der Waals surface area contributed by atoms with E-state index in [4.69, 9.17) is 10.7 Å². The van der Waals surface area contributed by atoms with Crippen molar-refractivity contribution in [3.05, 3.63) is 59.1 Å². The van der Waals surface area contributed by atoms with Crippen molar-refractivity contribution in [2.45, 2.75) is 24.3 Å². The van der Waals surface area contributed by atoms with Crippen LogP contribution in [0.4, 0.5) is 11.4 Å². The van der Waals surface area contributed by atoms with E-state index in [2.05, 4.69) is 16.3 Å². The molecule has 2 aromatic carbocycles. The lowest BCUT2D eigenvalue weighted by molar-refractivity contribution is 0.602. The Labute approximate surface area is 187 Å². The van der Waals surface area contributed by atoms with E-state index in [-0.39, 0.29) is 24.8 Å². The van der Waals surface area contributed by atoms with Crippen molar-refractivity contribution in [1.82, 2.24) is 4.98 Å². The van der Waals surface area contributed by atoms with Gasteiger partial charge in [-0.25, -0.2) is 13.4 Å². The second-order valence-electron chi connectivity index (χ2n) is 6.81. The Morgan fingerprint density at radius 1 is 1.14 bits per heavy atom. The lowest BCUT2D eigenvalue weighted by atomic mass is 10.00. The van der Waals surface area contributed by atoms with Gasteiger partial charge in [-0.1, -0.05) is 18.2 Å². The van der Waals surface area contributed by atoms with Gasteiger partial charge in [0.2, 0.25) is 0 Å². The van der Waals surface area contributed by atoms with Gasteiger partial charge in [-0.2, -0.15) is 0 Å². The average Bonchev–Trinajstić information content (AvgIpc) is 3.11. The maximum absolute atomic E-state index is 11.6. The van der Waals surface area contributed by atoms with Crippen LogP contribution < -0.4 is 10.6 Å². The highest BCUT2D eigenvalue weighted by atomic mass is 35.5. The lowest BCUT2D eigenvalue weighted by Gasteiger charge is -2.31. The van der Waals surface area contributed by atoms with E-state index in [1.807, 2.05) is 24.3 Å². The molecule has 2 N–H and O–H groups in total. The van der Waals surface area contributed by atoms with Gasteiger partial charge >= 0.3 is 0 Å². The summed E-state index contributed by atoms with van der Waals surface area (Å²) < 4.78 is 23.2. The van der Waals surface area contributed by atoms with Crippen LogP contribution in [0, 0.1) is 0 Å². The largest absolute Gasteiger partial charge is 0.398 e. The summed E-state index contributed by atoms with van der Waals surface area (Å²) in [6.07, 6.45) is 3.32. The minimum atomic E-state index is -3.18. The summed E-state index contributed by atoms with van der Waals surface area (Å²) in [5.74, 6) is 0. The quantitative estimate of drug-likeness (QED) is 0.562. The average molecular weight is 472 g/mol. The molecule has 1 aliphatic heterocycles. The highest BCUT2D eigenvalue weighted by Crippen LogP contribution is 2.33. The van der Waals surface area contributed by atoms with Gasteiger partial charge < -0.3 is 10.6 Å². The molecule has 1 aromatic heterocycles. The number of nitrogen functional groups attached to an aromatic ring is 1. The zero-order valence-corrected chi connectivity index (χ0v) is 19.1. The van der Waals surface area contributed by atoms with Crippen LogP contribution in [0.5, 0.6) is 0 Å². The van der Waals surface area contributed by atoms with Crippen LogP contribution in [0.25, 0.3) is 10.6 Å². The van der Waals surface area contributed by atoms with E-state index in [1.165, 1.54) is 17.5 Å². The first kappa shape index (κ1) is 23.5. The molecule has 0 bridgehead atoms. The van der Waals surface area contributed by atoms with Gasteiger partial charge in [0.15, 0.2) is 9.84 Å². The molecule has 9 heteroatoms. The fourth-order valence-electron chi connectivity index (χ4n) is 3.44. The molecule has 0 amide bonds. The van der Waals surface area contributed by atoms with Gasteiger partial charge in [0.1, 0.15) is 5.01 Å². The van der Waals surface area contributed by atoms with Crippen LogP contribution in [0.1, 0.15) is 17.7 Å². The van der Waals surface area contributed by atoms with Crippen molar-refractivity contribution in [3.8, 4) is 10.6 Å². The molecule has 0 aliphatic carbocycles. The van der Waals surface area contributed by atoms with Crippen LogP contribution in [0.15, 0.2) is 52.7 Å². The van der Waals surface area contributed by atoms with Gasteiger partial charge in [0.25, 0.3) is 0 Å². The number of sulfone groups is 1. The molecule has 2 heterocycles. The van der Waals surface area contributed by atoms with E-state index in [0.717, 1.165) is 47.9 Å². The van der Waals surface area contributed by atoms with Crippen LogP contribution >= 0.6 is 36.2 Å². The molecule has 3 aromatic rings. The van der Waals surface area contributed by atoms with Crippen LogP contribution in [0.3, 0.4) is 0 Å². The molecule has 156 valence electrons. The number of halogens is 2. The molecule has 4 rings (SSSR count). The lowest BCUT2D eigenvalue weighted by Crippen LogP contribution is -2.29. The van der Waals surface area contributed by atoms with Crippen molar-refractivity contribution in [2.24, 2.45) is 0 Å². The Morgan fingerprint density at radius 3 is 2.55 bits per heavy atom. The molecule has 0 saturated carbocycles. The molecule has 0 radical (unpaired) electrons. The maximum Gasteiger partial charge on any atom is 0.175 e. The van der Waals surface area contributed by atoms with E-state index in [1.54, 1.807) is 23.5 Å². The van der Waals surface area contributed by atoms with Gasteiger partial charge in [-0.05, 0) is 42.7 Å². The number of anilines is 2. The number of thiazole rings is 1. The van der Waals surface area contributed by atoms with Gasteiger partial charge in [0, 0.05) is 35.1 Å². The summed E-state index contributed by atoms with van der Waals surface area (Å²) in [6, 6.07) is 13.0. The minimum Gasteiger partial charge on any atom is -0.398 e. The van der Waals surface area contributed by atoms with E-state index in [0.29, 0.717) is 4.90 Å². The monoisotopic (exact) mass is 471 g/mol. The Hall–Kier alpha value is -1.80. The van der Waals surface area contributed by atoms with Gasteiger partial charge in [-0.3, -0.25) is 0 Å². The highest BCUT2D eigenvalue weighted by Gasteiger charge is 2.19. The SMILES string of the molecule is CS(=O)(=O)c1ccc(-c2nc(CN3CCCc4c(N)cccc43)cs2)cc1.Cl.Cl. The number of hydrogen-bond acceptors (Lipinski definition) is 6. The number of benzene rings is 2. The van der Waals surface area contributed by atoms with Gasteiger partial charge in [-0.15, -0.1) is 36.2 Å². The van der Waals surface area contributed by atoms with E-state index < -0.39 is 9.84 Å². The first-order chi connectivity index (χ1) is 12.9. The predicted molar refractivity (Wildman–Crippen MR) is 125 cm³/mol. The highest BCUT2D eigenvalue weighted by molar-refractivity contribution is 7.90. The zero-order valence-electron chi connectivity index (χ0n) is 15.9. The second kappa shape index (κ2) is 9.34. The summed E-state index contributed by atoms with van der Waals surface area (Å²) in [5, 5.41) is 2.97. The normalized spacial score (nSPS) is 13.2. The Balaban J connectivity index is 0.00000150. The standard InChI is InChI=1S/C20H21N3O2S2.2ClH/c1-27(24,25)16-9-7-14(8-10-16)20-22-15(13-26-20)12-23-11-3-4-17-18(21)5-2-6-19(17)23;;/h2,5-10,13H,3-4,11-12,21H2,1H3;2*1H. The first-order valence-corrected chi connectivity index (χ1v) is 11.6. The van der Waals surface area contributed by atoms with E-state index >= 15 is 0 Å². The molecule has 29 heavy (non-hydrogen) atoms. The van der Waals surface area contributed by atoms with Crippen LogP contribution in [-0.4, -0.2) is 26.2 Å². The summed E-state index contributed by atoms with van der Waals surface area (Å²) in [5.41, 5.74) is 11.4. The van der Waals surface area contributed by atoms with Crippen molar-refractivity contribution < 1.29 is 8.42 Å². The fraction of sp³-hybridized carbons (Fsp3) is 0.250. The number of aromatic nitrogens is 1. The third kappa shape index (κ3) is 5.04. The molecular formula is C20H23Cl2N3O2S2. The van der Waals surface area contributed by atoms with Crippen LogP contribution in [-0.2, 0) is 22.8 Å². The summed E-state index contributed by atoms with van der Waals surface area (Å²) in [6.45, 7) is 1.74. The molecule has 0 atom stereocenters. The van der Waals surface area contributed by atoms with E-state index in [9.17, 15) is 8.42 Å². The third-order valence-corrected chi connectivity index (χ3v) is 6.89. The Morgan fingerprint density at radius 2 is 1.86 bits per heavy atom. The second-order valence-corrected chi connectivity index (χ2v) is 9.68. The topological polar surface area (TPSA) is 76.3 Å². The molecule has 5 nitrogen and oxygen atoms in total. The molecule has 0 fully saturated rings. The van der Waals surface area contributed by atoms with Gasteiger partial charge in [0.05, 0.1) is 17.1 Å². The fourth-order valence-corrected chi connectivity index (χ4v) is 4.89. The molecule has 0 spiro atoms. The summed E-state index contributed by atoms with van der Waals surface area (Å²) >= 11 is 1.58.